The third-order valence-corrected chi connectivity index (χ3v) is 3.15. The maximum Gasteiger partial charge on any atom is 0.0244 e. The van der Waals surface area contributed by atoms with E-state index in [-0.39, 0.29) is 0 Å². The van der Waals surface area contributed by atoms with E-state index in [2.05, 4.69) is 24.1 Å². The van der Waals surface area contributed by atoms with Crippen molar-refractivity contribution in [1.29, 1.82) is 0 Å². The van der Waals surface area contributed by atoms with Crippen LogP contribution in [-0.4, -0.2) is 53.8 Å². The van der Waals surface area contributed by atoms with Gasteiger partial charge in [-0.3, -0.25) is 4.21 Å². The molecule has 0 aliphatic heterocycles. The first kappa shape index (κ1) is 14.1. The lowest BCUT2D eigenvalue weighted by Crippen LogP contribution is -2.32. The smallest absolute Gasteiger partial charge is 0.0244 e. The highest BCUT2D eigenvalue weighted by Gasteiger charge is 1.97. The minimum atomic E-state index is -0.633. The highest BCUT2D eigenvalue weighted by molar-refractivity contribution is 7.84. The third-order valence-electron chi connectivity index (χ3n) is 2.28. The van der Waals surface area contributed by atoms with Gasteiger partial charge in [-0.15, -0.1) is 0 Å². The van der Waals surface area contributed by atoms with Crippen LogP contribution in [-0.2, 0) is 10.8 Å². The van der Waals surface area contributed by atoms with Gasteiger partial charge in [0.15, 0.2) is 0 Å². The van der Waals surface area contributed by atoms with Gasteiger partial charge in [0, 0.05) is 35.9 Å². The first-order valence-electron chi connectivity index (χ1n) is 5.43. The SMILES string of the molecule is CCN(CC)CCNCCCS(C)=O. The van der Waals surface area contributed by atoms with Crippen molar-refractivity contribution in [3.8, 4) is 0 Å². The monoisotopic (exact) mass is 220 g/mol. The van der Waals surface area contributed by atoms with Gasteiger partial charge in [-0.2, -0.15) is 0 Å². The first-order valence-corrected chi connectivity index (χ1v) is 7.16. The number of hydrogen-bond donors (Lipinski definition) is 1. The van der Waals surface area contributed by atoms with E-state index >= 15 is 0 Å². The first-order chi connectivity index (χ1) is 6.70. The second-order valence-electron chi connectivity index (χ2n) is 3.41. The lowest BCUT2D eigenvalue weighted by Gasteiger charge is -2.17. The summed E-state index contributed by atoms with van der Waals surface area (Å²) >= 11 is 0. The molecule has 0 aromatic rings. The fourth-order valence-corrected chi connectivity index (χ4v) is 1.85. The van der Waals surface area contributed by atoms with E-state index < -0.39 is 10.8 Å². The molecule has 0 aromatic carbocycles. The van der Waals surface area contributed by atoms with Crippen LogP contribution < -0.4 is 5.32 Å². The van der Waals surface area contributed by atoms with Gasteiger partial charge < -0.3 is 10.2 Å². The van der Waals surface area contributed by atoms with Crippen molar-refractivity contribution in [2.45, 2.75) is 20.3 Å². The summed E-state index contributed by atoms with van der Waals surface area (Å²) in [4.78, 5) is 2.39. The Kier molecular flexibility index (Phi) is 9.67. The Balaban J connectivity index is 3.16. The summed E-state index contributed by atoms with van der Waals surface area (Å²) in [7, 11) is -0.633. The maximum absolute atomic E-state index is 10.8. The van der Waals surface area contributed by atoms with Crippen LogP contribution in [0.5, 0.6) is 0 Å². The van der Waals surface area contributed by atoms with Gasteiger partial charge in [-0.05, 0) is 26.1 Å². The molecule has 1 atom stereocenters. The van der Waals surface area contributed by atoms with Crippen LogP contribution in [0.15, 0.2) is 0 Å². The fraction of sp³-hybridized carbons (Fsp3) is 1.00. The largest absolute Gasteiger partial charge is 0.315 e. The van der Waals surface area contributed by atoms with Crippen LogP contribution in [0, 0.1) is 0 Å². The molecular formula is C10H24N2OS. The summed E-state index contributed by atoms with van der Waals surface area (Å²) < 4.78 is 10.8. The van der Waals surface area contributed by atoms with Crippen LogP contribution in [0.2, 0.25) is 0 Å². The fourth-order valence-electron chi connectivity index (χ4n) is 1.30. The van der Waals surface area contributed by atoms with Gasteiger partial charge in [0.1, 0.15) is 0 Å². The zero-order chi connectivity index (χ0) is 10.8. The van der Waals surface area contributed by atoms with Gasteiger partial charge in [0.25, 0.3) is 0 Å². The highest BCUT2D eigenvalue weighted by atomic mass is 32.2. The van der Waals surface area contributed by atoms with Crippen LogP contribution in [0.25, 0.3) is 0 Å². The molecule has 0 saturated carbocycles. The zero-order valence-electron chi connectivity index (χ0n) is 9.71. The minimum absolute atomic E-state index is 0.633. The Bertz CT molecular complexity index is 149. The topological polar surface area (TPSA) is 32.3 Å². The van der Waals surface area contributed by atoms with E-state index in [4.69, 9.17) is 0 Å². The van der Waals surface area contributed by atoms with E-state index in [0.29, 0.717) is 0 Å². The molecule has 0 fully saturated rings. The Hall–Kier alpha value is 0.0700. The van der Waals surface area contributed by atoms with E-state index in [0.717, 1.165) is 44.9 Å². The van der Waals surface area contributed by atoms with Crippen molar-refractivity contribution < 1.29 is 4.21 Å². The van der Waals surface area contributed by atoms with Crippen LogP contribution in [0.4, 0.5) is 0 Å². The molecule has 0 rings (SSSR count). The Labute approximate surface area is 90.7 Å². The normalized spacial score (nSPS) is 13.4. The number of likely N-dealkylation sites (N-methyl/N-ethyl adjacent to an activating group) is 1. The van der Waals surface area contributed by atoms with Crippen LogP contribution in [0.3, 0.4) is 0 Å². The molecule has 0 bridgehead atoms. The lowest BCUT2D eigenvalue weighted by molar-refractivity contribution is 0.302. The zero-order valence-corrected chi connectivity index (χ0v) is 10.5. The third kappa shape index (κ3) is 8.66. The van der Waals surface area contributed by atoms with Crippen molar-refractivity contribution in [2.75, 3.05) is 44.7 Å². The van der Waals surface area contributed by atoms with Gasteiger partial charge in [0.05, 0.1) is 0 Å². The number of rotatable bonds is 9. The predicted octanol–water partition coefficient (Wildman–Crippen LogP) is 0.686. The second kappa shape index (κ2) is 9.62. The molecule has 0 spiro atoms. The summed E-state index contributed by atoms with van der Waals surface area (Å²) in [5.74, 6) is 0.818. The molecule has 14 heavy (non-hydrogen) atoms. The minimum Gasteiger partial charge on any atom is -0.315 e. The van der Waals surface area contributed by atoms with E-state index in [9.17, 15) is 4.21 Å². The Morgan fingerprint density at radius 1 is 1.21 bits per heavy atom. The molecule has 0 amide bonds. The maximum atomic E-state index is 10.8. The summed E-state index contributed by atoms with van der Waals surface area (Å²) in [5, 5.41) is 3.36. The molecular weight excluding hydrogens is 196 g/mol. The molecule has 0 radical (unpaired) electrons. The van der Waals surface area contributed by atoms with Gasteiger partial charge >= 0.3 is 0 Å². The van der Waals surface area contributed by atoms with Gasteiger partial charge in [-0.25, -0.2) is 0 Å². The molecule has 0 aliphatic carbocycles. The molecule has 3 nitrogen and oxygen atoms in total. The van der Waals surface area contributed by atoms with E-state index in [1.165, 1.54) is 0 Å². The molecule has 0 aromatic heterocycles. The second-order valence-corrected chi connectivity index (χ2v) is 4.96. The standard InChI is InChI=1S/C10H24N2OS/c1-4-12(5-2)9-8-11-7-6-10-14(3)13/h11H,4-10H2,1-3H3. The number of hydrogen-bond acceptors (Lipinski definition) is 3. The quantitative estimate of drug-likeness (QED) is 0.580. The highest BCUT2D eigenvalue weighted by Crippen LogP contribution is 1.85. The van der Waals surface area contributed by atoms with Crippen molar-refractivity contribution in [2.24, 2.45) is 0 Å². The Morgan fingerprint density at radius 3 is 2.36 bits per heavy atom. The van der Waals surface area contributed by atoms with E-state index in [1.54, 1.807) is 6.26 Å². The van der Waals surface area contributed by atoms with Crippen LogP contribution in [0.1, 0.15) is 20.3 Å². The summed E-state index contributed by atoms with van der Waals surface area (Å²) in [6, 6.07) is 0. The number of nitrogens with one attached hydrogen (secondary N) is 1. The average Bonchev–Trinajstić information content (AvgIpc) is 2.16. The molecule has 0 heterocycles. The molecule has 86 valence electrons. The van der Waals surface area contributed by atoms with Crippen molar-refractivity contribution in [3.05, 3.63) is 0 Å². The summed E-state index contributed by atoms with van der Waals surface area (Å²) in [5.41, 5.74) is 0. The van der Waals surface area contributed by atoms with E-state index in [1.807, 2.05) is 0 Å². The van der Waals surface area contributed by atoms with Gasteiger partial charge in [0.2, 0.25) is 0 Å². The molecule has 0 aliphatic rings. The molecule has 1 unspecified atom stereocenters. The van der Waals surface area contributed by atoms with Crippen LogP contribution >= 0.6 is 0 Å². The van der Waals surface area contributed by atoms with Crippen molar-refractivity contribution in [3.63, 3.8) is 0 Å². The average molecular weight is 220 g/mol. The number of nitrogens with zero attached hydrogens (tertiary/aromatic N) is 1. The molecule has 4 heteroatoms. The van der Waals surface area contributed by atoms with Crippen molar-refractivity contribution >= 4 is 10.8 Å². The lowest BCUT2D eigenvalue weighted by atomic mass is 10.4. The molecule has 0 saturated heterocycles. The summed E-state index contributed by atoms with van der Waals surface area (Å²) in [6.07, 6.45) is 2.78. The Morgan fingerprint density at radius 2 is 1.86 bits per heavy atom. The van der Waals surface area contributed by atoms with Crippen molar-refractivity contribution in [1.82, 2.24) is 10.2 Å². The summed E-state index contributed by atoms with van der Waals surface area (Å²) in [6.45, 7) is 9.75. The molecule has 1 N–H and O–H groups in total. The van der Waals surface area contributed by atoms with Gasteiger partial charge in [-0.1, -0.05) is 13.8 Å². The predicted molar refractivity (Wildman–Crippen MR) is 64.2 cm³/mol.